The van der Waals surface area contributed by atoms with E-state index >= 15 is 0 Å². The van der Waals surface area contributed by atoms with Crippen LogP contribution in [0.3, 0.4) is 0 Å². The Balaban J connectivity index is 2.25. The van der Waals surface area contributed by atoms with Crippen LogP contribution in [0.2, 0.25) is 0 Å². The Kier molecular flexibility index (Phi) is 4.37. The summed E-state index contributed by atoms with van der Waals surface area (Å²) >= 11 is 3.45. The lowest BCUT2D eigenvalue weighted by Crippen LogP contribution is -2.39. The van der Waals surface area contributed by atoms with Crippen molar-refractivity contribution in [1.82, 2.24) is 0 Å². The molecule has 5 heteroatoms. The van der Waals surface area contributed by atoms with E-state index in [0.29, 0.717) is 11.6 Å². The number of halogens is 1. The molecule has 1 aromatic carbocycles. The summed E-state index contributed by atoms with van der Waals surface area (Å²) in [5.41, 5.74) is 2.06. The number of nitro benzene ring substituents is 1. The summed E-state index contributed by atoms with van der Waals surface area (Å²) in [6.45, 7) is 6.35. The van der Waals surface area contributed by atoms with Crippen molar-refractivity contribution in [3.8, 4) is 0 Å². The minimum atomic E-state index is -0.339. The topological polar surface area (TPSA) is 55.2 Å². The van der Waals surface area contributed by atoms with Gasteiger partial charge in [-0.1, -0.05) is 26.7 Å². The van der Waals surface area contributed by atoms with Crippen LogP contribution < -0.4 is 5.32 Å². The van der Waals surface area contributed by atoms with E-state index in [2.05, 4.69) is 35.1 Å². The van der Waals surface area contributed by atoms with E-state index in [0.717, 1.165) is 16.6 Å². The molecule has 1 unspecified atom stereocenters. The van der Waals surface area contributed by atoms with Crippen LogP contribution in [-0.4, -0.2) is 11.0 Å². The van der Waals surface area contributed by atoms with Crippen LogP contribution in [0, 0.1) is 22.5 Å². The summed E-state index contributed by atoms with van der Waals surface area (Å²) < 4.78 is 0.760. The van der Waals surface area contributed by atoms with Crippen molar-refractivity contribution in [3.05, 3.63) is 32.3 Å². The number of rotatable bonds is 3. The third-order valence-electron chi connectivity index (χ3n) is 4.32. The minimum absolute atomic E-state index is 0.158. The quantitative estimate of drug-likeness (QED) is 0.618. The first-order chi connectivity index (χ1) is 9.31. The lowest BCUT2D eigenvalue weighted by molar-refractivity contribution is -0.385. The average molecular weight is 341 g/mol. The highest BCUT2D eigenvalue weighted by atomic mass is 79.9. The van der Waals surface area contributed by atoms with Gasteiger partial charge in [0.2, 0.25) is 0 Å². The summed E-state index contributed by atoms with van der Waals surface area (Å²) in [5.74, 6) is 0. The van der Waals surface area contributed by atoms with Crippen LogP contribution in [0.5, 0.6) is 0 Å². The Labute approximate surface area is 128 Å². The van der Waals surface area contributed by atoms with Gasteiger partial charge in [-0.2, -0.15) is 0 Å². The monoisotopic (exact) mass is 340 g/mol. The largest absolute Gasteiger partial charge is 0.381 e. The van der Waals surface area contributed by atoms with Gasteiger partial charge in [-0.3, -0.25) is 10.1 Å². The van der Waals surface area contributed by atoms with Crippen LogP contribution in [0.1, 0.15) is 45.1 Å². The van der Waals surface area contributed by atoms with Gasteiger partial charge >= 0.3 is 0 Å². The molecule has 110 valence electrons. The molecule has 1 atom stereocenters. The van der Waals surface area contributed by atoms with Gasteiger partial charge in [0.05, 0.1) is 4.92 Å². The summed E-state index contributed by atoms with van der Waals surface area (Å²) in [5, 5.41) is 14.5. The lowest BCUT2D eigenvalue weighted by Gasteiger charge is -2.39. The molecule has 0 spiro atoms. The van der Waals surface area contributed by atoms with E-state index in [9.17, 15) is 10.1 Å². The van der Waals surface area contributed by atoms with E-state index < -0.39 is 0 Å². The molecular formula is C15H21BrN2O2. The third-order valence-corrected chi connectivity index (χ3v) is 4.98. The first-order valence-electron chi connectivity index (χ1n) is 7.02. The Morgan fingerprint density at radius 2 is 2.10 bits per heavy atom. The maximum atomic E-state index is 10.9. The molecule has 1 aromatic rings. The number of nitrogens with zero attached hydrogens (tertiary/aromatic N) is 1. The van der Waals surface area contributed by atoms with Crippen molar-refractivity contribution in [2.45, 2.75) is 52.5 Å². The molecule has 1 fully saturated rings. The Hall–Kier alpha value is -1.10. The molecule has 0 heterocycles. The van der Waals surface area contributed by atoms with Crippen molar-refractivity contribution in [2.75, 3.05) is 5.32 Å². The van der Waals surface area contributed by atoms with Crippen molar-refractivity contribution in [1.29, 1.82) is 0 Å². The average Bonchev–Trinajstić information content (AvgIpc) is 2.35. The summed E-state index contributed by atoms with van der Waals surface area (Å²) in [7, 11) is 0. The molecule has 0 amide bonds. The van der Waals surface area contributed by atoms with E-state index in [1.165, 1.54) is 19.3 Å². The lowest BCUT2D eigenvalue weighted by atomic mass is 9.73. The van der Waals surface area contributed by atoms with Crippen LogP contribution in [-0.2, 0) is 0 Å². The smallest absolute Gasteiger partial charge is 0.273 e. The predicted molar refractivity (Wildman–Crippen MR) is 85.2 cm³/mol. The molecule has 0 radical (unpaired) electrons. The molecule has 0 saturated heterocycles. The van der Waals surface area contributed by atoms with Crippen LogP contribution >= 0.6 is 15.9 Å². The third kappa shape index (κ3) is 3.14. The fraction of sp³-hybridized carbons (Fsp3) is 0.600. The number of anilines is 1. The normalized spacial score (nSPS) is 21.5. The number of hydrogen-bond acceptors (Lipinski definition) is 3. The van der Waals surface area contributed by atoms with Gasteiger partial charge in [-0.15, -0.1) is 0 Å². The van der Waals surface area contributed by atoms with Crippen molar-refractivity contribution >= 4 is 27.3 Å². The maximum Gasteiger partial charge on any atom is 0.273 e. The zero-order chi connectivity index (χ0) is 14.9. The standard InChI is InChI=1S/C15H21BrN2O2/c1-10-8-12(11(16)9-13(10)18(19)20)17-14-6-4-5-7-15(14,2)3/h8-9,14,17H,4-7H2,1-3H3. The van der Waals surface area contributed by atoms with E-state index in [1.54, 1.807) is 13.0 Å². The van der Waals surface area contributed by atoms with Gasteiger partial charge in [0, 0.05) is 27.8 Å². The second-order valence-corrected chi connectivity index (χ2v) is 7.16. The highest BCUT2D eigenvalue weighted by Crippen LogP contribution is 2.39. The molecule has 1 aliphatic rings. The SMILES string of the molecule is Cc1cc(NC2CCCCC2(C)C)c(Br)cc1[N+](=O)[O-]. The van der Waals surface area contributed by atoms with Gasteiger partial charge < -0.3 is 5.32 Å². The number of nitrogens with one attached hydrogen (secondary N) is 1. The van der Waals surface area contributed by atoms with Gasteiger partial charge in [0.1, 0.15) is 0 Å². The van der Waals surface area contributed by atoms with E-state index in [-0.39, 0.29) is 16.0 Å². The molecule has 1 saturated carbocycles. The van der Waals surface area contributed by atoms with Crippen molar-refractivity contribution < 1.29 is 4.92 Å². The predicted octanol–water partition coefficient (Wildman–Crippen LogP) is 5.05. The molecule has 20 heavy (non-hydrogen) atoms. The molecule has 4 nitrogen and oxygen atoms in total. The second-order valence-electron chi connectivity index (χ2n) is 6.31. The minimum Gasteiger partial charge on any atom is -0.381 e. The molecule has 1 N–H and O–H groups in total. The molecular weight excluding hydrogens is 320 g/mol. The van der Waals surface area contributed by atoms with Gasteiger partial charge in [0.15, 0.2) is 0 Å². The Morgan fingerprint density at radius 1 is 1.40 bits per heavy atom. The number of nitro groups is 1. The highest BCUT2D eigenvalue weighted by Gasteiger charge is 2.32. The first-order valence-corrected chi connectivity index (χ1v) is 7.81. The molecule has 2 rings (SSSR count). The Morgan fingerprint density at radius 3 is 2.70 bits per heavy atom. The van der Waals surface area contributed by atoms with E-state index in [1.807, 2.05) is 6.07 Å². The number of benzene rings is 1. The van der Waals surface area contributed by atoms with Gasteiger partial charge in [-0.25, -0.2) is 0 Å². The van der Waals surface area contributed by atoms with Gasteiger partial charge in [0.25, 0.3) is 5.69 Å². The second kappa shape index (κ2) is 5.72. The van der Waals surface area contributed by atoms with Crippen LogP contribution in [0.25, 0.3) is 0 Å². The molecule has 0 aliphatic heterocycles. The molecule has 0 aromatic heterocycles. The Bertz CT molecular complexity index is 529. The van der Waals surface area contributed by atoms with Crippen molar-refractivity contribution in [3.63, 3.8) is 0 Å². The molecule has 1 aliphatic carbocycles. The summed E-state index contributed by atoms with van der Waals surface area (Å²) in [4.78, 5) is 10.6. The fourth-order valence-electron chi connectivity index (χ4n) is 2.93. The molecule has 0 bridgehead atoms. The number of aryl methyl sites for hydroxylation is 1. The zero-order valence-corrected chi connectivity index (χ0v) is 13.8. The van der Waals surface area contributed by atoms with Crippen LogP contribution in [0.4, 0.5) is 11.4 Å². The van der Waals surface area contributed by atoms with Crippen LogP contribution in [0.15, 0.2) is 16.6 Å². The first kappa shape index (κ1) is 15.3. The van der Waals surface area contributed by atoms with Crippen molar-refractivity contribution in [2.24, 2.45) is 5.41 Å². The fourth-order valence-corrected chi connectivity index (χ4v) is 3.37. The highest BCUT2D eigenvalue weighted by molar-refractivity contribution is 9.10. The maximum absolute atomic E-state index is 10.9. The summed E-state index contributed by atoms with van der Waals surface area (Å²) in [6.07, 6.45) is 4.89. The van der Waals surface area contributed by atoms with E-state index in [4.69, 9.17) is 0 Å². The number of hydrogen-bond donors (Lipinski definition) is 1. The van der Waals surface area contributed by atoms with Gasteiger partial charge in [-0.05, 0) is 47.2 Å². The zero-order valence-electron chi connectivity index (χ0n) is 12.2. The summed E-state index contributed by atoms with van der Waals surface area (Å²) in [6, 6.07) is 3.87.